The van der Waals surface area contributed by atoms with Crippen LogP contribution in [0.15, 0.2) is 188 Å². The van der Waals surface area contributed by atoms with E-state index in [0.29, 0.717) is 0 Å². The number of allylic oxidation sites excluding steroid dienone is 1. The Bertz CT molecular complexity index is 2850. The molecule has 2 aliphatic rings. The van der Waals surface area contributed by atoms with Crippen molar-refractivity contribution in [3.8, 4) is 33.4 Å². The van der Waals surface area contributed by atoms with Gasteiger partial charge in [0, 0.05) is 22.1 Å². The van der Waals surface area contributed by atoms with Crippen LogP contribution in [0.4, 0.5) is 0 Å². The molecule has 0 aliphatic heterocycles. The number of hydrogen-bond donors (Lipinski definition) is 2. The van der Waals surface area contributed by atoms with Crippen molar-refractivity contribution in [2.45, 2.75) is 44.2 Å². The van der Waals surface area contributed by atoms with Crippen LogP contribution in [0, 0.1) is 0 Å². The second-order valence-corrected chi connectivity index (χ2v) is 16.4. The quantitative estimate of drug-likeness (QED) is 0.153. The van der Waals surface area contributed by atoms with Crippen molar-refractivity contribution in [2.75, 3.05) is 0 Å². The van der Waals surface area contributed by atoms with Crippen molar-refractivity contribution in [2.24, 2.45) is 5.73 Å². The van der Waals surface area contributed by atoms with E-state index in [-0.39, 0.29) is 10.8 Å². The molecule has 0 amide bonds. The highest BCUT2D eigenvalue weighted by Crippen LogP contribution is 2.55. The minimum Gasteiger partial charge on any atom is -0.366 e. The summed E-state index contributed by atoms with van der Waals surface area (Å²) in [5.74, 6) is 0. The van der Waals surface area contributed by atoms with Gasteiger partial charge in [0.2, 0.25) is 0 Å². The fraction of sp³-hybridized carbons (Fsp3) is 0.127. The van der Waals surface area contributed by atoms with Crippen LogP contribution in [0.1, 0.15) is 71.4 Å². The zero-order chi connectivity index (χ0) is 38.7. The van der Waals surface area contributed by atoms with E-state index in [9.17, 15) is 0 Å². The Labute approximate surface area is 336 Å². The normalized spacial score (nSPS) is 16.7. The summed E-state index contributed by atoms with van der Waals surface area (Å²) in [6.45, 7) is 7.14. The maximum Gasteiger partial charge on any atom is 0.101 e. The Morgan fingerprint density at radius 1 is 0.544 bits per heavy atom. The predicted octanol–water partition coefficient (Wildman–Crippen LogP) is 13.0. The Morgan fingerprint density at radius 3 is 1.93 bits per heavy atom. The molecule has 2 heteroatoms. The predicted molar refractivity (Wildman–Crippen MR) is 239 cm³/mol. The van der Waals surface area contributed by atoms with E-state index in [1.54, 1.807) is 0 Å². The fourth-order valence-electron chi connectivity index (χ4n) is 9.96. The number of fused-ring (bicyclic) bond motifs is 7. The van der Waals surface area contributed by atoms with Crippen LogP contribution in [0.25, 0.3) is 49.9 Å². The molecule has 2 nitrogen and oxygen atoms in total. The zero-order valence-corrected chi connectivity index (χ0v) is 32.8. The molecule has 2 aliphatic carbocycles. The summed E-state index contributed by atoms with van der Waals surface area (Å²) < 4.78 is 0. The Kier molecular flexibility index (Phi) is 8.36. The molecule has 0 spiro atoms. The molecular formula is C55H46N2. The molecule has 276 valence electrons. The summed E-state index contributed by atoms with van der Waals surface area (Å²) in [6.07, 6.45) is 2.70. The van der Waals surface area contributed by atoms with Gasteiger partial charge >= 0.3 is 0 Å². The van der Waals surface area contributed by atoms with E-state index in [2.05, 4.69) is 208 Å². The second-order valence-electron chi connectivity index (χ2n) is 16.4. The lowest BCUT2D eigenvalue weighted by molar-refractivity contribution is 0.661. The van der Waals surface area contributed by atoms with Crippen molar-refractivity contribution in [1.29, 1.82) is 0 Å². The molecular weight excluding hydrogens is 689 g/mol. The van der Waals surface area contributed by atoms with E-state index in [0.717, 1.165) is 23.2 Å². The highest BCUT2D eigenvalue weighted by Gasteiger charge is 2.42. The zero-order valence-electron chi connectivity index (χ0n) is 32.8. The molecule has 0 heterocycles. The van der Waals surface area contributed by atoms with Gasteiger partial charge in [0.15, 0.2) is 0 Å². The van der Waals surface area contributed by atoms with Gasteiger partial charge in [-0.3, -0.25) is 0 Å². The summed E-state index contributed by atoms with van der Waals surface area (Å²) >= 11 is 0. The number of benzene rings is 8. The fourth-order valence-corrected chi connectivity index (χ4v) is 9.96. The summed E-state index contributed by atoms with van der Waals surface area (Å²) in [5.41, 5.74) is 25.6. The third-order valence-electron chi connectivity index (χ3n) is 12.8. The van der Waals surface area contributed by atoms with E-state index < -0.39 is 6.17 Å². The van der Waals surface area contributed by atoms with Gasteiger partial charge in [0.25, 0.3) is 0 Å². The van der Waals surface area contributed by atoms with Crippen LogP contribution in [0.2, 0.25) is 0 Å². The minimum atomic E-state index is -0.404. The van der Waals surface area contributed by atoms with Crippen LogP contribution < -0.4 is 11.1 Å². The Hall–Kier alpha value is -6.48. The van der Waals surface area contributed by atoms with Crippen molar-refractivity contribution in [3.63, 3.8) is 0 Å². The van der Waals surface area contributed by atoms with Crippen LogP contribution >= 0.6 is 0 Å². The largest absolute Gasteiger partial charge is 0.366 e. The van der Waals surface area contributed by atoms with Crippen molar-refractivity contribution >= 4 is 16.5 Å². The van der Waals surface area contributed by atoms with Gasteiger partial charge in [0.05, 0.1) is 0 Å². The third-order valence-corrected chi connectivity index (χ3v) is 12.8. The van der Waals surface area contributed by atoms with E-state index in [1.807, 2.05) is 6.07 Å². The Balaban J connectivity index is 1.14. The molecule has 2 unspecified atom stereocenters. The lowest BCUT2D eigenvalue weighted by Gasteiger charge is -2.30. The average Bonchev–Trinajstić information content (AvgIpc) is 3.66. The van der Waals surface area contributed by atoms with Gasteiger partial charge in [-0.25, -0.2) is 0 Å². The molecule has 2 atom stereocenters. The van der Waals surface area contributed by atoms with Crippen LogP contribution in [-0.4, -0.2) is 0 Å². The van der Waals surface area contributed by atoms with Gasteiger partial charge in [-0.2, -0.15) is 0 Å². The van der Waals surface area contributed by atoms with Crippen molar-refractivity contribution < 1.29 is 0 Å². The first-order chi connectivity index (χ1) is 27.8. The molecule has 10 rings (SSSR count). The van der Waals surface area contributed by atoms with Gasteiger partial charge in [-0.15, -0.1) is 0 Å². The van der Waals surface area contributed by atoms with Gasteiger partial charge in [-0.05, 0) is 109 Å². The number of nitrogens with one attached hydrogen (secondary N) is 1. The maximum atomic E-state index is 7.05. The lowest BCUT2D eigenvalue weighted by Crippen LogP contribution is -2.28. The van der Waals surface area contributed by atoms with Crippen LogP contribution in [-0.2, 0) is 17.3 Å². The van der Waals surface area contributed by atoms with Crippen molar-refractivity contribution in [1.82, 2.24) is 5.32 Å². The summed E-state index contributed by atoms with van der Waals surface area (Å²) in [7, 11) is 0. The van der Waals surface area contributed by atoms with Gasteiger partial charge < -0.3 is 11.1 Å². The number of rotatable bonds is 8. The van der Waals surface area contributed by atoms with Gasteiger partial charge in [-0.1, -0.05) is 190 Å². The minimum absolute atomic E-state index is 0.136. The maximum absolute atomic E-state index is 7.05. The standard InChI is InChI=1S/C55H46N2/c1-54(2)48-31-17-28-44(51(48)46-34-38-20-10-11-21-39(38)35-49(46)54)41-25-12-13-27-43(41)50(57-53(56)37-18-6-4-7-19-37)33-32-36-22-16-29-45-42-26-14-15-30-47(42)55(3,52(36)45)40-23-8-5-9-24-40/h4-31,33-35,53,57H,32,56H2,1-3H3/b50-33-. The number of hydrogen-bond acceptors (Lipinski definition) is 2. The lowest BCUT2D eigenvalue weighted by atomic mass is 9.72. The average molecular weight is 735 g/mol. The first-order valence-electron chi connectivity index (χ1n) is 20.2. The summed E-state index contributed by atoms with van der Waals surface area (Å²) in [4.78, 5) is 0. The molecule has 0 fully saturated rings. The molecule has 0 saturated heterocycles. The first-order valence-corrected chi connectivity index (χ1v) is 20.2. The SMILES string of the molecule is CC1(C)c2cc3ccccc3cc2-c2c(-c3ccccc3/C(=C/Cc3cccc4c3C(C)(c3ccccc3)c3ccccc3-4)NC(N)c3ccccc3)cccc21. The number of nitrogens with two attached hydrogens (primary N) is 1. The highest BCUT2D eigenvalue weighted by atomic mass is 15.0. The highest BCUT2D eigenvalue weighted by molar-refractivity contribution is 6.00. The van der Waals surface area contributed by atoms with Crippen LogP contribution in [0.5, 0.6) is 0 Å². The molecule has 0 bridgehead atoms. The van der Waals surface area contributed by atoms with E-state index >= 15 is 0 Å². The molecule has 0 saturated carbocycles. The monoisotopic (exact) mass is 734 g/mol. The summed E-state index contributed by atoms with van der Waals surface area (Å²) in [5, 5.41) is 6.38. The van der Waals surface area contributed by atoms with Crippen LogP contribution in [0.3, 0.4) is 0 Å². The third kappa shape index (κ3) is 5.58. The van der Waals surface area contributed by atoms with Gasteiger partial charge in [0.1, 0.15) is 6.17 Å². The molecule has 8 aromatic rings. The molecule has 57 heavy (non-hydrogen) atoms. The van der Waals surface area contributed by atoms with E-state index in [4.69, 9.17) is 5.73 Å². The summed E-state index contributed by atoms with van der Waals surface area (Å²) in [6, 6.07) is 66.4. The molecule has 3 N–H and O–H groups in total. The van der Waals surface area contributed by atoms with E-state index in [1.165, 1.54) is 77.5 Å². The second kappa shape index (κ2) is 13.6. The molecule has 0 aromatic heterocycles. The molecule has 0 radical (unpaired) electrons. The van der Waals surface area contributed by atoms with Crippen molar-refractivity contribution in [3.05, 3.63) is 233 Å². The first kappa shape index (κ1) is 35.0. The smallest absolute Gasteiger partial charge is 0.101 e. The molecule has 8 aromatic carbocycles. The topological polar surface area (TPSA) is 38.0 Å². The Morgan fingerprint density at radius 2 is 1.14 bits per heavy atom.